The van der Waals surface area contributed by atoms with Crippen LogP contribution in [0.5, 0.6) is 11.5 Å². The Morgan fingerprint density at radius 3 is 1.57 bits per heavy atom. The van der Waals surface area contributed by atoms with Crippen LogP contribution in [-0.4, -0.2) is 19.0 Å². The molecule has 0 radical (unpaired) electrons. The Kier molecular flexibility index (Phi) is 17.7. The molecule has 0 saturated carbocycles. The minimum absolute atomic E-state index is 0. The second-order valence-electron chi connectivity index (χ2n) is 3.43. The van der Waals surface area contributed by atoms with E-state index in [1.807, 2.05) is 41.5 Å². The summed E-state index contributed by atoms with van der Waals surface area (Å²) in [6.45, 7) is 13.5. The fourth-order valence-electron chi connectivity index (χ4n) is 1.71. The van der Waals surface area contributed by atoms with Gasteiger partial charge in [-0.3, -0.25) is 4.21 Å². The standard InChI is InChI=1S/C11H10O4S.3C2H6.Na/c1-6-9(12)7-4-2-3-5-8(7)10(13)11(6)16(14)15;3*1-2;/h2-5,12-13H,1H3,(H,14,15);3*1-2H3;/q;;;;+1/p-1. The molecule has 23 heavy (non-hydrogen) atoms. The van der Waals surface area contributed by atoms with E-state index in [9.17, 15) is 19.0 Å². The molecular weight excluding hydrogens is 323 g/mol. The third kappa shape index (κ3) is 6.81. The number of rotatable bonds is 1. The number of hydrogen-bond acceptors (Lipinski definition) is 4. The van der Waals surface area contributed by atoms with Gasteiger partial charge in [0.2, 0.25) is 0 Å². The third-order valence-corrected chi connectivity index (χ3v) is 3.35. The molecule has 2 N–H and O–H groups in total. The molecule has 2 rings (SSSR count). The smallest absolute Gasteiger partial charge is 0.768 e. The fraction of sp³-hybridized carbons (Fsp3) is 0.412. The number of fused-ring (bicyclic) bond motifs is 1. The monoisotopic (exact) mass is 350 g/mol. The molecule has 0 aromatic heterocycles. The Bertz CT molecular complexity index is 601. The number of hydrogen-bond donors (Lipinski definition) is 2. The zero-order chi connectivity index (χ0) is 17.9. The van der Waals surface area contributed by atoms with Crippen molar-refractivity contribution in [3.05, 3.63) is 29.8 Å². The molecule has 0 saturated heterocycles. The van der Waals surface area contributed by atoms with Gasteiger partial charge in [-0.1, -0.05) is 65.8 Å². The Labute approximate surface area is 164 Å². The zero-order valence-electron chi connectivity index (χ0n) is 15.4. The van der Waals surface area contributed by atoms with E-state index in [4.69, 9.17) is 0 Å². The van der Waals surface area contributed by atoms with Crippen molar-refractivity contribution in [1.82, 2.24) is 0 Å². The van der Waals surface area contributed by atoms with E-state index < -0.39 is 11.1 Å². The first kappa shape index (κ1) is 27.3. The van der Waals surface area contributed by atoms with Crippen LogP contribution >= 0.6 is 0 Å². The van der Waals surface area contributed by atoms with Crippen molar-refractivity contribution < 1.29 is 48.5 Å². The van der Waals surface area contributed by atoms with Gasteiger partial charge in [0, 0.05) is 16.3 Å². The third-order valence-electron chi connectivity index (χ3n) is 2.51. The van der Waals surface area contributed by atoms with Gasteiger partial charge in [0.1, 0.15) is 11.5 Å². The molecule has 0 spiro atoms. The number of aromatic hydroxyl groups is 2. The Morgan fingerprint density at radius 1 is 0.870 bits per heavy atom. The first-order chi connectivity index (χ1) is 10.5. The molecule has 0 heterocycles. The SMILES string of the molecule is CC.CC.CC.Cc1c(S(=O)[O-])c(O)c2ccccc2c1O.[Na+]. The molecular formula is C17H27NaO4S. The van der Waals surface area contributed by atoms with Crippen LogP contribution in [0.1, 0.15) is 47.1 Å². The normalized spacial score (nSPS) is 9.74. The quantitative estimate of drug-likeness (QED) is 0.467. The predicted octanol–water partition coefficient (Wildman–Crippen LogP) is 1.88. The molecule has 0 aliphatic carbocycles. The molecule has 0 aliphatic rings. The molecule has 1 unspecified atom stereocenters. The Balaban J connectivity index is -0.000000514. The molecule has 6 heteroatoms. The van der Waals surface area contributed by atoms with Crippen LogP contribution in [0.15, 0.2) is 29.2 Å². The van der Waals surface area contributed by atoms with E-state index in [1.165, 1.54) is 6.92 Å². The summed E-state index contributed by atoms with van der Waals surface area (Å²) in [6.07, 6.45) is 0. The first-order valence-electron chi connectivity index (χ1n) is 7.56. The van der Waals surface area contributed by atoms with Crippen LogP contribution in [-0.2, 0) is 11.1 Å². The van der Waals surface area contributed by atoms with Gasteiger partial charge in [0.25, 0.3) is 0 Å². The topological polar surface area (TPSA) is 80.6 Å². The largest absolute Gasteiger partial charge is 1.00 e. The number of phenolic OH excluding ortho intramolecular Hbond substituents is 2. The summed E-state index contributed by atoms with van der Waals surface area (Å²) in [5.41, 5.74) is 0.157. The average Bonchev–Trinajstić information content (AvgIpc) is 2.58. The van der Waals surface area contributed by atoms with Crippen molar-refractivity contribution in [2.75, 3.05) is 0 Å². The van der Waals surface area contributed by atoms with Crippen molar-refractivity contribution >= 4 is 21.9 Å². The van der Waals surface area contributed by atoms with Crippen molar-refractivity contribution in [3.8, 4) is 11.5 Å². The Morgan fingerprint density at radius 2 is 1.22 bits per heavy atom. The maximum absolute atomic E-state index is 11.0. The average molecular weight is 350 g/mol. The Hall–Kier alpha value is -0.590. The van der Waals surface area contributed by atoms with E-state index in [2.05, 4.69) is 0 Å². The summed E-state index contributed by atoms with van der Waals surface area (Å²) in [7, 11) is 0. The van der Waals surface area contributed by atoms with Crippen LogP contribution in [0.25, 0.3) is 10.8 Å². The minimum Gasteiger partial charge on any atom is -0.768 e. The van der Waals surface area contributed by atoms with Crippen molar-refractivity contribution in [2.24, 2.45) is 0 Å². The second kappa shape index (κ2) is 15.0. The van der Waals surface area contributed by atoms with Crippen molar-refractivity contribution in [3.63, 3.8) is 0 Å². The van der Waals surface area contributed by atoms with Crippen LogP contribution in [0, 0.1) is 6.92 Å². The summed E-state index contributed by atoms with van der Waals surface area (Å²) in [6, 6.07) is 6.54. The maximum atomic E-state index is 11.0. The van der Waals surface area contributed by atoms with E-state index in [-0.39, 0.29) is 51.5 Å². The minimum atomic E-state index is -2.58. The van der Waals surface area contributed by atoms with Crippen molar-refractivity contribution in [2.45, 2.75) is 53.4 Å². The zero-order valence-corrected chi connectivity index (χ0v) is 18.2. The van der Waals surface area contributed by atoms with Gasteiger partial charge < -0.3 is 14.8 Å². The summed E-state index contributed by atoms with van der Waals surface area (Å²) in [4.78, 5) is -0.254. The maximum Gasteiger partial charge on any atom is 1.00 e. The first-order valence-corrected chi connectivity index (χ1v) is 8.64. The van der Waals surface area contributed by atoms with Gasteiger partial charge in [0.05, 0.1) is 4.90 Å². The molecule has 4 nitrogen and oxygen atoms in total. The molecule has 0 aliphatic heterocycles. The molecule has 0 bridgehead atoms. The van der Waals surface area contributed by atoms with Gasteiger partial charge in [0.15, 0.2) is 0 Å². The van der Waals surface area contributed by atoms with Gasteiger partial charge in [-0.25, -0.2) is 0 Å². The van der Waals surface area contributed by atoms with Crippen molar-refractivity contribution in [1.29, 1.82) is 0 Å². The van der Waals surface area contributed by atoms with Crippen LogP contribution in [0.2, 0.25) is 0 Å². The molecule has 0 fully saturated rings. The van der Waals surface area contributed by atoms with E-state index >= 15 is 0 Å². The number of phenols is 2. The molecule has 2 aromatic carbocycles. The summed E-state index contributed by atoms with van der Waals surface area (Å²) in [5.74, 6) is -0.438. The van der Waals surface area contributed by atoms with Crippen LogP contribution in [0.4, 0.5) is 0 Å². The molecule has 126 valence electrons. The van der Waals surface area contributed by atoms with Gasteiger partial charge in [-0.2, -0.15) is 0 Å². The predicted molar refractivity (Wildman–Crippen MR) is 93.2 cm³/mol. The summed E-state index contributed by atoms with van der Waals surface area (Å²) >= 11 is -2.58. The van der Waals surface area contributed by atoms with Gasteiger partial charge >= 0.3 is 29.6 Å². The summed E-state index contributed by atoms with van der Waals surface area (Å²) in [5, 5.41) is 20.4. The van der Waals surface area contributed by atoms with Gasteiger partial charge in [-0.15, -0.1) is 0 Å². The summed E-state index contributed by atoms with van der Waals surface area (Å²) < 4.78 is 21.9. The molecule has 1 atom stereocenters. The van der Waals surface area contributed by atoms with Crippen LogP contribution < -0.4 is 29.6 Å². The number of benzene rings is 2. The molecule has 2 aromatic rings. The fourth-order valence-corrected chi connectivity index (χ4v) is 2.32. The van der Waals surface area contributed by atoms with Crippen LogP contribution in [0.3, 0.4) is 0 Å². The van der Waals surface area contributed by atoms with E-state index in [0.29, 0.717) is 10.8 Å². The van der Waals surface area contributed by atoms with Gasteiger partial charge in [-0.05, 0) is 18.0 Å². The van der Waals surface area contributed by atoms with E-state index in [0.717, 1.165) is 0 Å². The molecule has 0 amide bonds. The second-order valence-corrected chi connectivity index (χ2v) is 4.31. The van der Waals surface area contributed by atoms with E-state index in [1.54, 1.807) is 24.3 Å².